The molecular weight excluding hydrogens is 182 g/mol. The average molecular weight is 205 g/mol. The van der Waals surface area contributed by atoms with Gasteiger partial charge in [0.05, 0.1) is 0 Å². The van der Waals surface area contributed by atoms with Gasteiger partial charge in [-0.15, -0.1) is 0 Å². The maximum atomic E-state index is 4.96. The maximum absolute atomic E-state index is 4.96. The summed E-state index contributed by atoms with van der Waals surface area (Å²) in [6.07, 6.45) is 1.12. The van der Waals surface area contributed by atoms with E-state index in [1.807, 2.05) is 11.8 Å². The molecule has 0 unspecified atom stereocenters. The molecule has 0 bridgehead atoms. The van der Waals surface area contributed by atoms with Gasteiger partial charge in [-0.1, -0.05) is 13.8 Å². The van der Waals surface area contributed by atoms with E-state index in [0.717, 1.165) is 32.0 Å². The fourth-order valence-electron chi connectivity index (χ4n) is 0.930. The number of methoxy groups -OCH3 is 1. The van der Waals surface area contributed by atoms with Crippen LogP contribution in [0.15, 0.2) is 0 Å². The minimum atomic E-state index is 0.818. The standard InChI is InChI=1S/C10H23NOS/c1-10(2)9-13-8-6-11-5-4-7-12-3/h10-11H,4-9H2,1-3H3. The molecule has 2 nitrogen and oxygen atoms in total. The lowest BCUT2D eigenvalue weighted by atomic mass is 10.3. The minimum Gasteiger partial charge on any atom is -0.385 e. The van der Waals surface area contributed by atoms with Crippen LogP contribution in [0.5, 0.6) is 0 Å². The molecule has 1 N–H and O–H groups in total. The van der Waals surface area contributed by atoms with E-state index in [2.05, 4.69) is 19.2 Å². The average Bonchev–Trinajstić information content (AvgIpc) is 2.09. The highest BCUT2D eigenvalue weighted by atomic mass is 32.2. The Hall–Kier alpha value is 0.270. The topological polar surface area (TPSA) is 21.3 Å². The van der Waals surface area contributed by atoms with Crippen LogP contribution < -0.4 is 5.32 Å². The summed E-state index contributed by atoms with van der Waals surface area (Å²) in [7, 11) is 1.75. The molecule has 0 heterocycles. The van der Waals surface area contributed by atoms with Crippen molar-refractivity contribution >= 4 is 11.8 Å². The van der Waals surface area contributed by atoms with E-state index >= 15 is 0 Å². The van der Waals surface area contributed by atoms with Crippen molar-refractivity contribution in [2.75, 3.05) is 38.3 Å². The Balaban J connectivity index is 2.84. The van der Waals surface area contributed by atoms with E-state index in [1.165, 1.54) is 11.5 Å². The summed E-state index contributed by atoms with van der Waals surface area (Å²) in [5.74, 6) is 3.32. The zero-order valence-electron chi connectivity index (χ0n) is 9.14. The largest absolute Gasteiger partial charge is 0.385 e. The summed E-state index contributed by atoms with van der Waals surface area (Å²) in [4.78, 5) is 0. The van der Waals surface area contributed by atoms with Gasteiger partial charge < -0.3 is 10.1 Å². The number of nitrogens with one attached hydrogen (secondary N) is 1. The predicted octanol–water partition coefficient (Wildman–Crippen LogP) is 2.00. The second-order valence-corrected chi connectivity index (χ2v) is 4.71. The van der Waals surface area contributed by atoms with Gasteiger partial charge in [-0.05, 0) is 24.6 Å². The predicted molar refractivity (Wildman–Crippen MR) is 61.5 cm³/mol. The van der Waals surface area contributed by atoms with Crippen LogP contribution in [-0.4, -0.2) is 38.3 Å². The smallest absolute Gasteiger partial charge is 0.0474 e. The lowest BCUT2D eigenvalue weighted by Gasteiger charge is -2.05. The third kappa shape index (κ3) is 12.3. The van der Waals surface area contributed by atoms with Gasteiger partial charge in [-0.3, -0.25) is 0 Å². The quantitative estimate of drug-likeness (QED) is 0.582. The van der Waals surface area contributed by atoms with Gasteiger partial charge in [0.15, 0.2) is 0 Å². The molecule has 0 aliphatic carbocycles. The van der Waals surface area contributed by atoms with Crippen molar-refractivity contribution in [3.8, 4) is 0 Å². The number of rotatable bonds is 9. The van der Waals surface area contributed by atoms with E-state index in [0.29, 0.717) is 0 Å². The van der Waals surface area contributed by atoms with E-state index in [4.69, 9.17) is 4.74 Å². The third-order valence-electron chi connectivity index (χ3n) is 1.58. The Kier molecular flexibility index (Phi) is 10.6. The van der Waals surface area contributed by atoms with Crippen LogP contribution in [-0.2, 0) is 4.74 Å². The second-order valence-electron chi connectivity index (χ2n) is 3.57. The van der Waals surface area contributed by atoms with Crippen LogP contribution in [0.4, 0.5) is 0 Å². The zero-order valence-corrected chi connectivity index (χ0v) is 9.95. The van der Waals surface area contributed by atoms with Crippen LogP contribution in [0.1, 0.15) is 20.3 Å². The first-order valence-electron chi connectivity index (χ1n) is 5.04. The van der Waals surface area contributed by atoms with Gasteiger partial charge in [-0.25, -0.2) is 0 Å². The highest BCUT2D eigenvalue weighted by Gasteiger charge is 1.93. The van der Waals surface area contributed by atoms with Gasteiger partial charge in [0.25, 0.3) is 0 Å². The molecule has 0 fully saturated rings. The van der Waals surface area contributed by atoms with E-state index < -0.39 is 0 Å². The molecule has 0 aromatic rings. The number of ether oxygens (including phenoxy) is 1. The highest BCUT2D eigenvalue weighted by molar-refractivity contribution is 7.99. The summed E-state index contributed by atoms with van der Waals surface area (Å²) in [5, 5.41) is 3.39. The molecule has 0 aliphatic rings. The van der Waals surface area contributed by atoms with Crippen LogP contribution in [0, 0.1) is 5.92 Å². The molecule has 80 valence electrons. The van der Waals surface area contributed by atoms with Crippen molar-refractivity contribution in [2.45, 2.75) is 20.3 Å². The molecule has 0 aromatic heterocycles. The molecular formula is C10H23NOS. The van der Waals surface area contributed by atoms with Crippen molar-refractivity contribution in [1.29, 1.82) is 0 Å². The first-order chi connectivity index (χ1) is 6.27. The minimum absolute atomic E-state index is 0.818. The molecule has 3 heteroatoms. The van der Waals surface area contributed by atoms with Crippen LogP contribution >= 0.6 is 11.8 Å². The first kappa shape index (κ1) is 13.3. The molecule has 0 rings (SSSR count). The lowest BCUT2D eigenvalue weighted by molar-refractivity contribution is 0.194. The van der Waals surface area contributed by atoms with E-state index in [1.54, 1.807) is 7.11 Å². The molecule has 0 atom stereocenters. The molecule has 0 amide bonds. The van der Waals surface area contributed by atoms with Gasteiger partial charge in [0.2, 0.25) is 0 Å². The van der Waals surface area contributed by atoms with Crippen molar-refractivity contribution in [3.63, 3.8) is 0 Å². The SMILES string of the molecule is COCCCNCCSCC(C)C. The summed E-state index contributed by atoms with van der Waals surface area (Å²) >= 11 is 2.03. The van der Waals surface area contributed by atoms with Crippen LogP contribution in [0.2, 0.25) is 0 Å². The zero-order chi connectivity index (χ0) is 9.94. The maximum Gasteiger partial charge on any atom is 0.0474 e. The van der Waals surface area contributed by atoms with Crippen LogP contribution in [0.25, 0.3) is 0 Å². The summed E-state index contributed by atoms with van der Waals surface area (Å²) < 4.78 is 4.96. The van der Waals surface area contributed by atoms with Gasteiger partial charge in [0.1, 0.15) is 0 Å². The fourth-order valence-corrected chi connectivity index (χ4v) is 1.86. The molecule has 0 aromatic carbocycles. The molecule has 0 aliphatic heterocycles. The van der Waals surface area contributed by atoms with Gasteiger partial charge in [0, 0.05) is 26.0 Å². The lowest BCUT2D eigenvalue weighted by Crippen LogP contribution is -2.19. The Morgan fingerprint density at radius 1 is 1.31 bits per heavy atom. The molecule has 0 radical (unpaired) electrons. The normalized spacial score (nSPS) is 11.1. The Morgan fingerprint density at radius 3 is 2.69 bits per heavy atom. The molecule has 0 spiro atoms. The first-order valence-corrected chi connectivity index (χ1v) is 6.20. The van der Waals surface area contributed by atoms with Crippen molar-refractivity contribution < 1.29 is 4.74 Å². The second kappa shape index (κ2) is 10.4. The monoisotopic (exact) mass is 205 g/mol. The van der Waals surface area contributed by atoms with Crippen molar-refractivity contribution in [3.05, 3.63) is 0 Å². The number of hydrogen-bond donors (Lipinski definition) is 1. The van der Waals surface area contributed by atoms with E-state index in [-0.39, 0.29) is 0 Å². The Morgan fingerprint density at radius 2 is 2.08 bits per heavy atom. The summed E-state index contributed by atoms with van der Waals surface area (Å²) in [5.41, 5.74) is 0. The van der Waals surface area contributed by atoms with Gasteiger partial charge in [-0.2, -0.15) is 11.8 Å². The Labute approximate surface area is 86.8 Å². The Bertz CT molecular complexity index is 98.9. The van der Waals surface area contributed by atoms with Crippen LogP contribution in [0.3, 0.4) is 0 Å². The molecule has 0 saturated carbocycles. The molecule has 0 saturated heterocycles. The number of thioether (sulfide) groups is 1. The van der Waals surface area contributed by atoms with Crippen molar-refractivity contribution in [1.82, 2.24) is 5.32 Å². The summed E-state index contributed by atoms with van der Waals surface area (Å²) in [6.45, 7) is 7.60. The highest BCUT2D eigenvalue weighted by Crippen LogP contribution is 2.05. The van der Waals surface area contributed by atoms with E-state index in [9.17, 15) is 0 Å². The van der Waals surface area contributed by atoms with Gasteiger partial charge >= 0.3 is 0 Å². The van der Waals surface area contributed by atoms with Crippen molar-refractivity contribution in [2.24, 2.45) is 5.92 Å². The summed E-state index contributed by atoms with van der Waals surface area (Å²) in [6, 6.07) is 0. The number of hydrogen-bond acceptors (Lipinski definition) is 3. The molecule has 13 heavy (non-hydrogen) atoms. The fraction of sp³-hybridized carbons (Fsp3) is 1.00. The third-order valence-corrected chi connectivity index (χ3v) is 2.97.